The summed E-state index contributed by atoms with van der Waals surface area (Å²) < 4.78 is 6.19. The van der Waals surface area contributed by atoms with Crippen LogP contribution in [0.15, 0.2) is 24.3 Å². The van der Waals surface area contributed by atoms with Gasteiger partial charge in [-0.1, -0.05) is 32.0 Å². The predicted octanol–water partition coefficient (Wildman–Crippen LogP) is 2.48. The summed E-state index contributed by atoms with van der Waals surface area (Å²) in [5.41, 5.74) is 0.585. The van der Waals surface area contributed by atoms with E-state index in [2.05, 4.69) is 5.32 Å². The highest BCUT2D eigenvalue weighted by molar-refractivity contribution is 5.99. The minimum Gasteiger partial charge on any atom is -0.353 e. The third-order valence-electron chi connectivity index (χ3n) is 6.36. The second kappa shape index (κ2) is 9.16. The molecule has 7 heteroatoms. The van der Waals surface area contributed by atoms with Gasteiger partial charge in [-0.3, -0.25) is 19.3 Å². The lowest BCUT2D eigenvalue weighted by molar-refractivity contribution is -0.143. The minimum absolute atomic E-state index is 0.0217. The molecule has 2 aliphatic heterocycles. The normalized spacial score (nSPS) is 21.5. The molecule has 3 rings (SSSR count). The van der Waals surface area contributed by atoms with Crippen LogP contribution >= 0.6 is 0 Å². The van der Waals surface area contributed by atoms with Gasteiger partial charge < -0.3 is 15.0 Å². The van der Waals surface area contributed by atoms with Gasteiger partial charge >= 0.3 is 0 Å². The number of aryl methyl sites for hydroxylation is 1. The Kier molecular flexibility index (Phi) is 6.81. The van der Waals surface area contributed by atoms with E-state index in [-0.39, 0.29) is 30.4 Å². The van der Waals surface area contributed by atoms with Crippen molar-refractivity contribution in [2.24, 2.45) is 0 Å². The van der Waals surface area contributed by atoms with Gasteiger partial charge in [0.05, 0.1) is 6.61 Å². The van der Waals surface area contributed by atoms with Crippen molar-refractivity contribution in [2.45, 2.75) is 71.2 Å². The van der Waals surface area contributed by atoms with Crippen LogP contribution in [-0.4, -0.2) is 65.0 Å². The minimum atomic E-state index is -0.860. The largest absolute Gasteiger partial charge is 0.353 e. The van der Waals surface area contributed by atoms with Crippen molar-refractivity contribution >= 4 is 17.7 Å². The van der Waals surface area contributed by atoms with Crippen LogP contribution in [-0.2, 0) is 14.3 Å². The van der Waals surface area contributed by atoms with E-state index in [0.29, 0.717) is 37.9 Å². The quantitative estimate of drug-likeness (QED) is 0.801. The van der Waals surface area contributed by atoms with Crippen LogP contribution in [0.4, 0.5) is 0 Å². The first-order valence-electron chi connectivity index (χ1n) is 10.9. The Balaban J connectivity index is 1.91. The number of ether oxygens (including phenoxy) is 1. The van der Waals surface area contributed by atoms with Crippen molar-refractivity contribution < 1.29 is 19.1 Å². The Hall–Kier alpha value is -2.41. The number of piperidine rings is 1. The third-order valence-corrected chi connectivity index (χ3v) is 6.36. The molecule has 2 atom stereocenters. The summed E-state index contributed by atoms with van der Waals surface area (Å²) in [6, 6.07) is 6.76. The SMILES string of the molecule is CCC(=O)N1CCC2(CC1)OCC(C(=O)NC(C)CC)N2C(=O)c1ccccc1C. The van der Waals surface area contributed by atoms with Crippen molar-refractivity contribution in [1.82, 2.24) is 15.1 Å². The van der Waals surface area contributed by atoms with E-state index < -0.39 is 11.8 Å². The molecule has 164 valence electrons. The first-order valence-corrected chi connectivity index (χ1v) is 10.9. The highest BCUT2D eigenvalue weighted by Gasteiger charge is 2.54. The van der Waals surface area contributed by atoms with Crippen LogP contribution in [0.1, 0.15) is 62.4 Å². The molecule has 0 saturated carbocycles. The van der Waals surface area contributed by atoms with Crippen molar-refractivity contribution in [3.63, 3.8) is 0 Å². The fourth-order valence-electron chi connectivity index (χ4n) is 4.28. The van der Waals surface area contributed by atoms with Crippen LogP contribution in [0, 0.1) is 6.92 Å². The average Bonchev–Trinajstić information content (AvgIpc) is 3.12. The summed E-state index contributed by atoms with van der Waals surface area (Å²) in [5.74, 6) is -0.272. The zero-order valence-electron chi connectivity index (χ0n) is 18.4. The summed E-state index contributed by atoms with van der Waals surface area (Å²) in [6.07, 6.45) is 2.27. The number of nitrogens with zero attached hydrogens (tertiary/aromatic N) is 2. The van der Waals surface area contributed by atoms with Gasteiger partial charge in [-0.25, -0.2) is 0 Å². The van der Waals surface area contributed by atoms with Crippen molar-refractivity contribution in [3.8, 4) is 0 Å². The lowest BCUT2D eigenvalue weighted by atomic mass is 9.95. The maximum Gasteiger partial charge on any atom is 0.257 e. The Labute approximate surface area is 178 Å². The summed E-state index contributed by atoms with van der Waals surface area (Å²) >= 11 is 0. The number of carbonyl (C=O) groups is 3. The fourth-order valence-corrected chi connectivity index (χ4v) is 4.28. The molecule has 0 aromatic heterocycles. The van der Waals surface area contributed by atoms with Crippen molar-refractivity contribution in [1.29, 1.82) is 0 Å². The maximum atomic E-state index is 13.7. The second-order valence-corrected chi connectivity index (χ2v) is 8.32. The molecular weight excluding hydrogens is 382 g/mol. The summed E-state index contributed by atoms with van der Waals surface area (Å²) in [4.78, 5) is 42.3. The lowest BCUT2D eigenvalue weighted by Crippen LogP contribution is -2.60. The summed E-state index contributed by atoms with van der Waals surface area (Å²) in [7, 11) is 0. The highest BCUT2D eigenvalue weighted by atomic mass is 16.5. The van der Waals surface area contributed by atoms with Crippen LogP contribution < -0.4 is 5.32 Å². The average molecular weight is 416 g/mol. The first-order chi connectivity index (χ1) is 14.3. The number of likely N-dealkylation sites (tertiary alicyclic amines) is 1. The van der Waals surface area contributed by atoms with Gasteiger partial charge in [0.15, 0.2) is 0 Å². The number of carbonyl (C=O) groups excluding carboxylic acids is 3. The molecule has 1 aromatic rings. The van der Waals surface area contributed by atoms with Gasteiger partial charge in [0, 0.05) is 44.0 Å². The molecule has 0 radical (unpaired) electrons. The Bertz CT molecular complexity index is 801. The number of amides is 3. The predicted molar refractivity (Wildman–Crippen MR) is 114 cm³/mol. The van der Waals surface area contributed by atoms with Crippen molar-refractivity contribution in [3.05, 3.63) is 35.4 Å². The standard InChI is InChI=1S/C23H33N3O4/c1-5-17(4)24-21(28)19-15-30-23(11-13-25(14-12-23)20(27)6-2)26(19)22(29)18-10-8-7-9-16(18)3/h7-10,17,19H,5-6,11-15H2,1-4H3,(H,24,28). The molecule has 0 aliphatic carbocycles. The monoisotopic (exact) mass is 415 g/mol. The molecule has 7 nitrogen and oxygen atoms in total. The molecule has 2 aliphatic rings. The van der Waals surface area contributed by atoms with Crippen LogP contribution in [0.2, 0.25) is 0 Å². The number of nitrogens with one attached hydrogen (secondary N) is 1. The van der Waals surface area contributed by atoms with E-state index in [0.717, 1.165) is 12.0 Å². The zero-order valence-corrected chi connectivity index (χ0v) is 18.4. The Morgan fingerprint density at radius 1 is 1.20 bits per heavy atom. The summed E-state index contributed by atoms with van der Waals surface area (Å²) in [5, 5.41) is 3.00. The Morgan fingerprint density at radius 2 is 1.87 bits per heavy atom. The molecule has 2 unspecified atom stereocenters. The van der Waals surface area contributed by atoms with E-state index in [4.69, 9.17) is 4.74 Å². The van der Waals surface area contributed by atoms with Gasteiger partial charge in [-0.05, 0) is 31.9 Å². The van der Waals surface area contributed by atoms with E-state index in [9.17, 15) is 14.4 Å². The third kappa shape index (κ3) is 4.21. The van der Waals surface area contributed by atoms with Crippen LogP contribution in [0.3, 0.4) is 0 Å². The molecule has 3 amide bonds. The van der Waals surface area contributed by atoms with E-state index in [1.807, 2.05) is 50.8 Å². The molecule has 2 fully saturated rings. The smallest absolute Gasteiger partial charge is 0.257 e. The van der Waals surface area contributed by atoms with Gasteiger partial charge in [0.2, 0.25) is 11.8 Å². The second-order valence-electron chi connectivity index (χ2n) is 8.32. The van der Waals surface area contributed by atoms with Gasteiger partial charge in [-0.2, -0.15) is 0 Å². The van der Waals surface area contributed by atoms with Gasteiger partial charge in [0.25, 0.3) is 5.91 Å². The van der Waals surface area contributed by atoms with Gasteiger partial charge in [-0.15, -0.1) is 0 Å². The van der Waals surface area contributed by atoms with E-state index in [1.165, 1.54) is 0 Å². The molecule has 2 heterocycles. The lowest BCUT2D eigenvalue weighted by Gasteiger charge is -2.44. The molecule has 1 spiro atoms. The van der Waals surface area contributed by atoms with Crippen molar-refractivity contribution in [2.75, 3.05) is 19.7 Å². The first kappa shape index (κ1) is 22.3. The van der Waals surface area contributed by atoms with Crippen LogP contribution in [0.25, 0.3) is 0 Å². The summed E-state index contributed by atoms with van der Waals surface area (Å²) in [6.45, 7) is 8.91. The molecule has 1 aromatic carbocycles. The molecule has 1 N–H and O–H groups in total. The van der Waals surface area contributed by atoms with Gasteiger partial charge in [0.1, 0.15) is 11.8 Å². The number of hydrogen-bond acceptors (Lipinski definition) is 4. The number of hydrogen-bond donors (Lipinski definition) is 1. The Morgan fingerprint density at radius 3 is 2.47 bits per heavy atom. The maximum absolute atomic E-state index is 13.7. The topological polar surface area (TPSA) is 79.0 Å². The highest BCUT2D eigenvalue weighted by Crippen LogP contribution is 2.39. The van der Waals surface area contributed by atoms with Crippen LogP contribution in [0.5, 0.6) is 0 Å². The number of rotatable bonds is 5. The molecule has 2 saturated heterocycles. The molecule has 0 bridgehead atoms. The van der Waals surface area contributed by atoms with E-state index >= 15 is 0 Å². The fraction of sp³-hybridized carbons (Fsp3) is 0.609. The zero-order chi connectivity index (χ0) is 21.9. The van der Waals surface area contributed by atoms with E-state index in [1.54, 1.807) is 11.0 Å². The molecular formula is C23H33N3O4. The number of benzene rings is 1. The molecule has 30 heavy (non-hydrogen) atoms.